The van der Waals surface area contributed by atoms with Crippen LogP contribution in [0.3, 0.4) is 0 Å². The van der Waals surface area contributed by atoms with Crippen LogP contribution in [0.25, 0.3) is 0 Å². The Kier molecular flexibility index (Phi) is 15.1. The second kappa shape index (κ2) is 18.9. The zero-order chi connectivity index (χ0) is 39.9. The molecule has 3 fully saturated rings. The third-order valence-electron chi connectivity index (χ3n) is 11.0. The van der Waals surface area contributed by atoms with Gasteiger partial charge in [0, 0.05) is 17.9 Å². The Hall–Kier alpha value is -3.56. The van der Waals surface area contributed by atoms with Crippen LogP contribution in [0.15, 0.2) is 43.0 Å². The molecule has 3 saturated heterocycles. The zero-order valence-electron chi connectivity index (χ0n) is 33.0. The largest absolute Gasteiger partial charge is 0.509 e. The van der Waals surface area contributed by atoms with Crippen molar-refractivity contribution in [1.29, 1.82) is 0 Å². The highest BCUT2D eigenvalue weighted by atomic mass is 16.8. The van der Waals surface area contributed by atoms with Crippen molar-refractivity contribution >= 4 is 23.9 Å². The molecule has 0 radical (unpaired) electrons. The molecular formula is C40H59NO13. The first-order chi connectivity index (χ1) is 25.5. The minimum absolute atomic E-state index is 0.0653. The Morgan fingerprint density at radius 3 is 2.33 bits per heavy atom. The van der Waals surface area contributed by atoms with Crippen molar-refractivity contribution in [3.63, 3.8) is 0 Å². The topological polar surface area (TPSA) is 166 Å². The van der Waals surface area contributed by atoms with E-state index in [1.807, 2.05) is 32.0 Å². The fourth-order valence-corrected chi connectivity index (χ4v) is 7.92. The van der Waals surface area contributed by atoms with Gasteiger partial charge in [0.1, 0.15) is 29.8 Å². The van der Waals surface area contributed by atoms with Gasteiger partial charge in [-0.15, -0.1) is 6.58 Å². The molecule has 54 heavy (non-hydrogen) atoms. The molecule has 0 bridgehead atoms. The van der Waals surface area contributed by atoms with Gasteiger partial charge in [-0.1, -0.05) is 52.0 Å². The van der Waals surface area contributed by atoms with E-state index < -0.39 is 96.9 Å². The number of nitrogens with zero attached hydrogens (tertiary/aromatic N) is 1. The number of esters is 2. The van der Waals surface area contributed by atoms with Gasteiger partial charge < -0.3 is 47.9 Å². The molecule has 14 atom stereocenters. The fraction of sp³-hybridized carbons (Fsp3) is 0.700. The molecule has 1 N–H and O–H groups in total. The Balaban J connectivity index is 1.81. The molecule has 1 aromatic rings. The first-order valence-corrected chi connectivity index (χ1v) is 18.9. The summed E-state index contributed by atoms with van der Waals surface area (Å²) in [6, 6.07) is 8.43. The molecule has 3 heterocycles. The summed E-state index contributed by atoms with van der Waals surface area (Å²) in [5.74, 6) is -4.77. The van der Waals surface area contributed by atoms with E-state index in [1.165, 1.54) is 0 Å². The molecule has 0 aromatic heterocycles. The van der Waals surface area contributed by atoms with E-state index in [0.29, 0.717) is 12.2 Å². The van der Waals surface area contributed by atoms with Crippen molar-refractivity contribution in [2.45, 2.75) is 128 Å². The van der Waals surface area contributed by atoms with Crippen LogP contribution in [0.4, 0.5) is 4.79 Å². The maximum atomic E-state index is 14.2. The van der Waals surface area contributed by atoms with E-state index in [2.05, 4.69) is 6.58 Å². The Labute approximate surface area is 318 Å². The molecule has 1 aromatic carbocycles. The van der Waals surface area contributed by atoms with E-state index in [9.17, 15) is 24.3 Å². The van der Waals surface area contributed by atoms with E-state index in [-0.39, 0.29) is 37.4 Å². The maximum Gasteiger partial charge on any atom is 0.509 e. The summed E-state index contributed by atoms with van der Waals surface area (Å²) in [6.45, 7) is 15.4. The predicted molar refractivity (Wildman–Crippen MR) is 195 cm³/mol. The van der Waals surface area contributed by atoms with Crippen molar-refractivity contribution in [3.05, 3.63) is 43.0 Å². The minimum atomic E-state index is -1.50. The van der Waals surface area contributed by atoms with E-state index >= 15 is 0 Å². The number of Topliss-reactive ketones (excluding diaryl/α,β-unsaturated/α-hetero) is 1. The summed E-state index contributed by atoms with van der Waals surface area (Å²) in [4.78, 5) is 56.5. The summed E-state index contributed by atoms with van der Waals surface area (Å²) < 4.78 is 48.4. The summed E-state index contributed by atoms with van der Waals surface area (Å²) in [5.41, 5.74) is -1.50. The van der Waals surface area contributed by atoms with Crippen molar-refractivity contribution < 1.29 is 62.2 Å². The lowest BCUT2D eigenvalue weighted by Gasteiger charge is -2.45. The Bertz CT molecular complexity index is 1440. The van der Waals surface area contributed by atoms with Crippen molar-refractivity contribution in [2.75, 3.05) is 27.3 Å². The molecule has 0 spiro atoms. The lowest BCUT2D eigenvalue weighted by Crippen LogP contribution is -2.58. The number of hydrogen-bond acceptors (Lipinski definition) is 14. The van der Waals surface area contributed by atoms with Gasteiger partial charge in [0.15, 0.2) is 24.6 Å². The first-order valence-electron chi connectivity index (χ1n) is 18.9. The number of hydrogen-bond donors (Lipinski definition) is 1. The molecule has 0 saturated carbocycles. The monoisotopic (exact) mass is 761 g/mol. The molecule has 14 nitrogen and oxygen atoms in total. The highest BCUT2D eigenvalue weighted by molar-refractivity contribution is 5.84. The average Bonchev–Trinajstić information content (AvgIpc) is 3.46. The lowest BCUT2D eigenvalue weighted by molar-refractivity contribution is -0.290. The van der Waals surface area contributed by atoms with Crippen LogP contribution in [0.2, 0.25) is 0 Å². The van der Waals surface area contributed by atoms with Crippen LogP contribution < -0.4 is 4.74 Å². The summed E-state index contributed by atoms with van der Waals surface area (Å²) in [5, 5.41) is 11.5. The van der Waals surface area contributed by atoms with Crippen molar-refractivity contribution in [3.8, 4) is 5.75 Å². The molecule has 4 rings (SSSR count). The Morgan fingerprint density at radius 2 is 1.70 bits per heavy atom. The number of rotatable bonds is 11. The van der Waals surface area contributed by atoms with Gasteiger partial charge >= 0.3 is 18.1 Å². The van der Waals surface area contributed by atoms with Gasteiger partial charge in [0.2, 0.25) is 0 Å². The van der Waals surface area contributed by atoms with Gasteiger partial charge in [0.05, 0.1) is 36.8 Å². The number of para-hydroxylation sites is 1. The zero-order valence-corrected chi connectivity index (χ0v) is 33.0. The van der Waals surface area contributed by atoms with Crippen molar-refractivity contribution in [2.24, 2.45) is 23.7 Å². The number of ether oxygens (including phenoxy) is 8. The number of likely N-dealkylation sites (N-methyl/N-ethyl adjacent to an activating group) is 1. The maximum absolute atomic E-state index is 14.2. The number of aliphatic hydroxyl groups excluding tert-OH is 1. The number of carbonyl (C=O) groups excluding carboxylic acids is 4. The third kappa shape index (κ3) is 9.99. The second-order valence-electron chi connectivity index (χ2n) is 15.3. The Morgan fingerprint density at radius 1 is 1.02 bits per heavy atom. The quantitative estimate of drug-likeness (QED) is 0.190. The standard InChI is InChI=1S/C40H59NO13/c1-11-18-47-29-19-22(3)32(43)24(5)36-40(8,54-39(46)53-36)30(12-2)50-37(45)26(7)34(51-31(42)21-48-27-16-14-13-15-17-27)25(6)35(29)52-38-33(44)28(41(9)10)20-23(4)49-38/h11,13-17,22-26,28-30,33-36,38,44H,1,12,18-21H2,2-10H3/t22-,23-,24+,25+,26-,28+,29-,30-,33-,34+,35-,36-,38?,40-/m1/s1. The number of aliphatic hydroxyl groups is 1. The highest BCUT2D eigenvalue weighted by Gasteiger charge is 2.58. The molecule has 14 heteroatoms. The first kappa shape index (κ1) is 43.2. The predicted octanol–water partition coefficient (Wildman–Crippen LogP) is 4.49. The fourth-order valence-electron chi connectivity index (χ4n) is 7.92. The highest BCUT2D eigenvalue weighted by Crippen LogP contribution is 2.41. The van der Waals surface area contributed by atoms with E-state index in [0.717, 1.165) is 0 Å². The summed E-state index contributed by atoms with van der Waals surface area (Å²) in [6.07, 6.45) is -6.26. The number of cyclic esters (lactones) is 1. The van der Waals surface area contributed by atoms with Gasteiger partial charge in [-0.05, 0) is 66.3 Å². The molecule has 3 aliphatic rings. The van der Waals surface area contributed by atoms with Crippen LogP contribution in [-0.2, 0) is 47.5 Å². The van der Waals surface area contributed by atoms with Crippen LogP contribution in [-0.4, -0.2) is 122 Å². The van der Waals surface area contributed by atoms with Crippen LogP contribution in [0, 0.1) is 23.7 Å². The average molecular weight is 762 g/mol. The number of benzene rings is 1. The summed E-state index contributed by atoms with van der Waals surface area (Å²) in [7, 11) is 3.72. The van der Waals surface area contributed by atoms with Gasteiger partial charge in [-0.2, -0.15) is 0 Å². The number of fused-ring (bicyclic) bond motifs is 1. The number of ketones is 1. The van der Waals surface area contributed by atoms with Gasteiger partial charge in [-0.25, -0.2) is 9.59 Å². The van der Waals surface area contributed by atoms with Crippen LogP contribution in [0.1, 0.15) is 67.7 Å². The van der Waals surface area contributed by atoms with Gasteiger partial charge in [-0.3, -0.25) is 9.59 Å². The molecular weight excluding hydrogens is 702 g/mol. The van der Waals surface area contributed by atoms with Crippen LogP contribution in [0.5, 0.6) is 5.75 Å². The molecule has 302 valence electrons. The lowest BCUT2D eigenvalue weighted by atomic mass is 9.77. The smallest absolute Gasteiger partial charge is 0.482 e. The normalized spacial score (nSPS) is 38.0. The van der Waals surface area contributed by atoms with Crippen molar-refractivity contribution in [1.82, 2.24) is 4.90 Å². The minimum Gasteiger partial charge on any atom is -0.482 e. The molecule has 1 unspecified atom stereocenters. The van der Waals surface area contributed by atoms with E-state index in [1.54, 1.807) is 71.9 Å². The molecule has 0 aliphatic carbocycles. The SMILES string of the molecule is C=CCO[C@@H]1C[C@@H](C)C(=O)[C@H](C)[C@H]2OC(=O)O[C@]2(C)[C@@H](CC)OC(=O)[C@H](C)[C@@H](OC(=O)COc2ccccc2)[C@H](C)[C@H]1OC1O[C@H](C)C[C@H](N(C)C)[C@H]1O. The van der Waals surface area contributed by atoms with Gasteiger partial charge in [0.25, 0.3) is 0 Å². The second-order valence-corrected chi connectivity index (χ2v) is 15.3. The molecule has 0 amide bonds. The van der Waals surface area contributed by atoms with Crippen LogP contribution >= 0.6 is 0 Å². The molecule has 3 aliphatic heterocycles. The third-order valence-corrected chi connectivity index (χ3v) is 11.0. The summed E-state index contributed by atoms with van der Waals surface area (Å²) >= 11 is 0. The van der Waals surface area contributed by atoms with E-state index in [4.69, 9.17) is 37.9 Å². The number of carbonyl (C=O) groups is 4.